The molecule has 0 saturated heterocycles. The summed E-state index contributed by atoms with van der Waals surface area (Å²) in [5.74, 6) is -1.07. The molecule has 0 fully saturated rings. The number of carboxylic acid groups (broad SMARTS) is 1. The standard InChI is InChI=1S/C12H8BrClN2O4/c13-11-4-7(12(17)18)5-15(11)6-8-9(14)2-1-3-10(8)16(19)20/h1-5H,6H2,(H,17,18). The molecule has 20 heavy (non-hydrogen) atoms. The van der Waals surface area contributed by atoms with Gasteiger partial charge in [-0.1, -0.05) is 17.7 Å². The zero-order valence-corrected chi connectivity index (χ0v) is 12.3. The second kappa shape index (κ2) is 5.64. The number of aromatic carboxylic acids is 1. The fraction of sp³-hybridized carbons (Fsp3) is 0.0833. The Morgan fingerprint density at radius 3 is 2.75 bits per heavy atom. The van der Waals surface area contributed by atoms with Gasteiger partial charge in [0.2, 0.25) is 0 Å². The fourth-order valence-corrected chi connectivity index (χ4v) is 2.47. The van der Waals surface area contributed by atoms with Gasteiger partial charge in [-0.3, -0.25) is 10.1 Å². The van der Waals surface area contributed by atoms with Crippen molar-refractivity contribution in [1.29, 1.82) is 0 Å². The van der Waals surface area contributed by atoms with E-state index in [2.05, 4.69) is 15.9 Å². The van der Waals surface area contributed by atoms with Crippen molar-refractivity contribution >= 4 is 39.2 Å². The quantitative estimate of drug-likeness (QED) is 0.668. The van der Waals surface area contributed by atoms with Crippen molar-refractivity contribution in [2.75, 3.05) is 0 Å². The molecule has 1 aromatic carbocycles. The van der Waals surface area contributed by atoms with Crippen LogP contribution in [0.1, 0.15) is 15.9 Å². The Morgan fingerprint density at radius 2 is 2.20 bits per heavy atom. The number of aromatic nitrogens is 1. The topological polar surface area (TPSA) is 85.4 Å². The molecule has 1 heterocycles. The van der Waals surface area contributed by atoms with Crippen molar-refractivity contribution in [1.82, 2.24) is 4.57 Å². The maximum Gasteiger partial charge on any atom is 0.337 e. The van der Waals surface area contributed by atoms with Gasteiger partial charge >= 0.3 is 5.97 Å². The summed E-state index contributed by atoms with van der Waals surface area (Å²) < 4.78 is 2.04. The summed E-state index contributed by atoms with van der Waals surface area (Å²) in [5, 5.41) is 20.2. The van der Waals surface area contributed by atoms with Crippen LogP contribution in [0.15, 0.2) is 35.1 Å². The lowest BCUT2D eigenvalue weighted by Crippen LogP contribution is -2.03. The minimum atomic E-state index is -1.07. The highest BCUT2D eigenvalue weighted by atomic mass is 79.9. The van der Waals surface area contributed by atoms with E-state index in [1.54, 1.807) is 6.07 Å². The lowest BCUT2D eigenvalue weighted by Gasteiger charge is -2.08. The number of halogens is 2. The molecule has 0 radical (unpaired) electrons. The Balaban J connectivity index is 2.45. The third-order valence-corrected chi connectivity index (χ3v) is 3.75. The van der Waals surface area contributed by atoms with Crippen molar-refractivity contribution in [3.63, 3.8) is 0 Å². The summed E-state index contributed by atoms with van der Waals surface area (Å²) in [6, 6.07) is 5.83. The minimum absolute atomic E-state index is 0.0894. The molecule has 8 heteroatoms. The van der Waals surface area contributed by atoms with Crippen LogP contribution >= 0.6 is 27.5 Å². The Labute approximate surface area is 126 Å². The van der Waals surface area contributed by atoms with Crippen molar-refractivity contribution in [3.8, 4) is 0 Å². The zero-order valence-electron chi connectivity index (χ0n) is 9.92. The summed E-state index contributed by atoms with van der Waals surface area (Å²) in [7, 11) is 0. The van der Waals surface area contributed by atoms with Gasteiger partial charge in [0.05, 0.1) is 32.2 Å². The molecule has 1 aromatic heterocycles. The number of nitrogens with zero attached hydrogens (tertiary/aromatic N) is 2. The third-order valence-electron chi connectivity index (χ3n) is 2.71. The predicted octanol–water partition coefficient (Wildman–Crippen LogP) is 3.56. The summed E-state index contributed by atoms with van der Waals surface area (Å²) in [4.78, 5) is 21.4. The molecule has 0 atom stereocenters. The molecular weight excluding hydrogens is 351 g/mol. The summed E-state index contributed by atoms with van der Waals surface area (Å²) >= 11 is 9.21. The van der Waals surface area contributed by atoms with E-state index in [9.17, 15) is 14.9 Å². The van der Waals surface area contributed by atoms with E-state index < -0.39 is 10.9 Å². The first-order valence-electron chi connectivity index (χ1n) is 5.41. The molecule has 0 unspecified atom stereocenters. The van der Waals surface area contributed by atoms with Crippen molar-refractivity contribution < 1.29 is 14.8 Å². The first-order chi connectivity index (χ1) is 9.40. The van der Waals surface area contributed by atoms with Gasteiger partial charge in [-0.2, -0.15) is 0 Å². The normalized spacial score (nSPS) is 10.5. The Morgan fingerprint density at radius 1 is 1.50 bits per heavy atom. The van der Waals surface area contributed by atoms with Gasteiger partial charge in [0, 0.05) is 12.3 Å². The number of nitro groups is 1. The number of nitro benzene ring substituents is 1. The highest BCUT2D eigenvalue weighted by molar-refractivity contribution is 9.10. The number of hydrogen-bond donors (Lipinski definition) is 1. The summed E-state index contributed by atoms with van der Waals surface area (Å²) in [5.41, 5.74) is 0.314. The van der Waals surface area contributed by atoms with Crippen LogP contribution < -0.4 is 0 Å². The van der Waals surface area contributed by atoms with E-state index in [1.807, 2.05) is 0 Å². The molecule has 6 nitrogen and oxygen atoms in total. The molecule has 2 rings (SSSR count). The highest BCUT2D eigenvalue weighted by Gasteiger charge is 2.18. The zero-order chi connectivity index (χ0) is 14.9. The molecule has 0 amide bonds. The number of benzene rings is 1. The van der Waals surface area contributed by atoms with E-state index in [0.29, 0.717) is 10.2 Å². The van der Waals surface area contributed by atoms with Crippen molar-refractivity contribution in [3.05, 3.63) is 61.3 Å². The largest absolute Gasteiger partial charge is 0.478 e. The average molecular weight is 360 g/mol. The van der Waals surface area contributed by atoms with Gasteiger partial charge in [-0.25, -0.2) is 4.79 Å². The van der Waals surface area contributed by atoms with Crippen LogP contribution in [-0.4, -0.2) is 20.6 Å². The van der Waals surface area contributed by atoms with Gasteiger partial charge in [0.15, 0.2) is 0 Å². The van der Waals surface area contributed by atoms with Crippen molar-refractivity contribution in [2.24, 2.45) is 0 Å². The smallest absolute Gasteiger partial charge is 0.337 e. The second-order valence-corrected chi connectivity index (χ2v) is 5.20. The maximum absolute atomic E-state index is 11.0. The van der Waals surface area contributed by atoms with Crippen LogP contribution in [-0.2, 0) is 6.54 Å². The lowest BCUT2D eigenvalue weighted by molar-refractivity contribution is -0.385. The monoisotopic (exact) mass is 358 g/mol. The third kappa shape index (κ3) is 2.83. The number of carboxylic acids is 1. The van der Waals surface area contributed by atoms with Gasteiger partial charge < -0.3 is 9.67 Å². The van der Waals surface area contributed by atoms with Gasteiger partial charge in [0.1, 0.15) is 0 Å². The molecule has 0 aliphatic carbocycles. The first kappa shape index (κ1) is 14.5. The second-order valence-electron chi connectivity index (χ2n) is 3.98. The van der Waals surface area contributed by atoms with E-state index in [0.717, 1.165) is 0 Å². The molecule has 0 spiro atoms. The van der Waals surface area contributed by atoms with E-state index >= 15 is 0 Å². The number of hydrogen-bond acceptors (Lipinski definition) is 3. The van der Waals surface area contributed by atoms with Crippen LogP contribution in [0, 0.1) is 10.1 Å². The van der Waals surface area contributed by atoms with Crippen LogP contribution in [0.25, 0.3) is 0 Å². The fourth-order valence-electron chi connectivity index (χ4n) is 1.76. The van der Waals surface area contributed by atoms with Gasteiger partial charge in [0.25, 0.3) is 5.69 Å². The summed E-state index contributed by atoms with van der Waals surface area (Å²) in [6.07, 6.45) is 1.39. The van der Waals surface area contributed by atoms with Crippen LogP contribution in [0.2, 0.25) is 5.02 Å². The van der Waals surface area contributed by atoms with E-state index in [4.69, 9.17) is 16.7 Å². The number of carbonyl (C=O) groups is 1. The average Bonchev–Trinajstić information content (AvgIpc) is 2.73. The van der Waals surface area contributed by atoms with E-state index in [-0.39, 0.29) is 22.8 Å². The first-order valence-corrected chi connectivity index (χ1v) is 6.58. The van der Waals surface area contributed by atoms with Crippen LogP contribution in [0.4, 0.5) is 5.69 Å². The number of rotatable bonds is 4. The Bertz CT molecular complexity index is 699. The van der Waals surface area contributed by atoms with E-state index in [1.165, 1.54) is 29.0 Å². The molecule has 0 aliphatic rings. The SMILES string of the molecule is O=C(O)c1cc(Br)n(Cc2c(Cl)cccc2[N+](=O)[O-])c1. The molecule has 0 saturated carbocycles. The molecule has 104 valence electrons. The maximum atomic E-state index is 11.0. The Hall–Kier alpha value is -1.86. The molecular formula is C12H8BrClN2O4. The van der Waals surface area contributed by atoms with Crippen LogP contribution in [0.3, 0.4) is 0 Å². The predicted molar refractivity (Wildman–Crippen MR) is 76.3 cm³/mol. The molecule has 0 aliphatic heterocycles. The molecule has 0 bridgehead atoms. The Kier molecular flexibility index (Phi) is 4.10. The van der Waals surface area contributed by atoms with Gasteiger partial charge in [-0.05, 0) is 28.1 Å². The molecule has 2 aromatic rings. The molecule has 1 N–H and O–H groups in total. The van der Waals surface area contributed by atoms with Crippen molar-refractivity contribution in [2.45, 2.75) is 6.54 Å². The highest BCUT2D eigenvalue weighted by Crippen LogP contribution is 2.28. The van der Waals surface area contributed by atoms with Gasteiger partial charge in [-0.15, -0.1) is 0 Å². The summed E-state index contributed by atoms with van der Waals surface area (Å²) in [6.45, 7) is 0.101. The van der Waals surface area contributed by atoms with Crippen LogP contribution in [0.5, 0.6) is 0 Å². The lowest BCUT2D eigenvalue weighted by atomic mass is 10.2. The minimum Gasteiger partial charge on any atom is -0.478 e.